The molecule has 1 fully saturated rings. The maximum atomic E-state index is 12.3. The van der Waals surface area contributed by atoms with E-state index in [2.05, 4.69) is 24.3 Å². The van der Waals surface area contributed by atoms with E-state index in [1.165, 1.54) is 19.3 Å². The highest BCUT2D eigenvalue weighted by Gasteiger charge is 2.34. The Kier molecular flexibility index (Phi) is 5.12. The third-order valence-electron chi connectivity index (χ3n) is 4.57. The monoisotopic (exact) mass is 309 g/mol. The highest BCUT2D eigenvalue weighted by molar-refractivity contribution is 6.33. The molecule has 0 aliphatic heterocycles. The van der Waals surface area contributed by atoms with Crippen molar-refractivity contribution in [3.63, 3.8) is 0 Å². The summed E-state index contributed by atoms with van der Waals surface area (Å²) in [6.07, 6.45) is 5.99. The van der Waals surface area contributed by atoms with Crippen molar-refractivity contribution in [3.05, 3.63) is 28.8 Å². The average molecular weight is 310 g/mol. The van der Waals surface area contributed by atoms with Crippen LogP contribution in [0.1, 0.15) is 42.5 Å². The average Bonchev–Trinajstić information content (AvgIpc) is 2.48. The summed E-state index contributed by atoms with van der Waals surface area (Å²) in [7, 11) is 4.19. The minimum Gasteiger partial charge on any atom is -0.398 e. The number of hydrogen-bond acceptors (Lipinski definition) is 3. The zero-order valence-corrected chi connectivity index (χ0v) is 13.5. The molecule has 0 unspecified atom stereocenters. The number of nitrogens with one attached hydrogen (secondary N) is 1. The Morgan fingerprint density at radius 1 is 1.33 bits per heavy atom. The normalized spacial score (nSPS) is 17.7. The van der Waals surface area contributed by atoms with Crippen molar-refractivity contribution in [3.8, 4) is 0 Å². The van der Waals surface area contributed by atoms with Crippen LogP contribution in [0.2, 0.25) is 5.02 Å². The van der Waals surface area contributed by atoms with Gasteiger partial charge in [-0.2, -0.15) is 0 Å². The van der Waals surface area contributed by atoms with Crippen molar-refractivity contribution < 1.29 is 4.79 Å². The van der Waals surface area contributed by atoms with Crippen LogP contribution in [0.25, 0.3) is 0 Å². The number of amides is 1. The molecule has 0 aromatic heterocycles. The number of nitrogens with two attached hydrogens (primary N) is 1. The molecule has 2 rings (SSSR count). The smallest absolute Gasteiger partial charge is 0.251 e. The van der Waals surface area contributed by atoms with Crippen LogP contribution in [0, 0.1) is 0 Å². The Labute approximate surface area is 131 Å². The van der Waals surface area contributed by atoms with Gasteiger partial charge < -0.3 is 16.0 Å². The van der Waals surface area contributed by atoms with Gasteiger partial charge in [0.05, 0.1) is 10.7 Å². The van der Waals surface area contributed by atoms with Gasteiger partial charge in [-0.25, -0.2) is 0 Å². The SMILES string of the molecule is CN(C)C1(CNC(=O)c2ccc(N)c(Cl)c2)CCCCC1. The summed E-state index contributed by atoms with van der Waals surface area (Å²) in [5.41, 5.74) is 6.79. The first-order valence-corrected chi connectivity index (χ1v) is 7.83. The second kappa shape index (κ2) is 6.67. The van der Waals surface area contributed by atoms with E-state index in [1.807, 2.05) is 0 Å². The van der Waals surface area contributed by atoms with Crippen LogP contribution in [0.3, 0.4) is 0 Å². The minimum atomic E-state index is -0.0938. The molecule has 5 heteroatoms. The molecule has 0 saturated heterocycles. The van der Waals surface area contributed by atoms with E-state index >= 15 is 0 Å². The highest BCUT2D eigenvalue weighted by atomic mass is 35.5. The topological polar surface area (TPSA) is 58.4 Å². The number of hydrogen-bond donors (Lipinski definition) is 2. The van der Waals surface area contributed by atoms with E-state index in [0.717, 1.165) is 12.8 Å². The molecule has 4 nitrogen and oxygen atoms in total. The number of halogens is 1. The Bertz CT molecular complexity index is 510. The summed E-state index contributed by atoms with van der Waals surface area (Å²) >= 11 is 5.97. The van der Waals surface area contributed by atoms with Gasteiger partial charge in [-0.3, -0.25) is 4.79 Å². The molecule has 0 bridgehead atoms. The second-order valence-corrected chi connectivity index (χ2v) is 6.51. The molecule has 3 N–H and O–H groups in total. The Hall–Kier alpha value is -1.26. The molecule has 0 heterocycles. The number of benzene rings is 1. The minimum absolute atomic E-state index is 0.0749. The van der Waals surface area contributed by atoms with E-state index in [4.69, 9.17) is 17.3 Å². The molecule has 1 aliphatic rings. The fraction of sp³-hybridized carbons (Fsp3) is 0.562. The van der Waals surface area contributed by atoms with Crippen LogP contribution in [-0.2, 0) is 0 Å². The summed E-state index contributed by atoms with van der Waals surface area (Å²) in [6.45, 7) is 0.667. The van der Waals surface area contributed by atoms with Gasteiger partial charge in [0.2, 0.25) is 0 Å². The lowest BCUT2D eigenvalue weighted by Crippen LogP contribution is -2.53. The molecule has 1 aromatic rings. The van der Waals surface area contributed by atoms with Gasteiger partial charge in [-0.1, -0.05) is 30.9 Å². The van der Waals surface area contributed by atoms with E-state index in [1.54, 1.807) is 18.2 Å². The van der Waals surface area contributed by atoms with Gasteiger partial charge in [0.25, 0.3) is 5.91 Å². The standard InChI is InChI=1S/C16H24ClN3O/c1-20(2)16(8-4-3-5-9-16)11-19-15(21)12-6-7-14(18)13(17)10-12/h6-7,10H,3-5,8-9,11,18H2,1-2H3,(H,19,21). The fourth-order valence-electron chi connectivity index (χ4n) is 3.01. The van der Waals surface area contributed by atoms with Crippen molar-refractivity contribution in [1.82, 2.24) is 10.2 Å². The molecule has 0 atom stereocenters. The van der Waals surface area contributed by atoms with Crippen molar-refractivity contribution in [2.75, 3.05) is 26.4 Å². The number of nitrogen functional groups attached to an aromatic ring is 1. The van der Waals surface area contributed by atoms with Crippen molar-refractivity contribution in [1.29, 1.82) is 0 Å². The maximum absolute atomic E-state index is 12.3. The van der Waals surface area contributed by atoms with Crippen LogP contribution in [0.5, 0.6) is 0 Å². The van der Waals surface area contributed by atoms with Crippen LogP contribution in [0.4, 0.5) is 5.69 Å². The van der Waals surface area contributed by atoms with Crippen LogP contribution < -0.4 is 11.1 Å². The van der Waals surface area contributed by atoms with Crippen LogP contribution >= 0.6 is 11.6 Å². The van der Waals surface area contributed by atoms with Crippen molar-refractivity contribution in [2.24, 2.45) is 0 Å². The van der Waals surface area contributed by atoms with E-state index in [0.29, 0.717) is 22.8 Å². The predicted molar refractivity (Wildman–Crippen MR) is 87.7 cm³/mol. The molecule has 21 heavy (non-hydrogen) atoms. The summed E-state index contributed by atoms with van der Waals surface area (Å²) < 4.78 is 0. The first kappa shape index (κ1) is 16.1. The molecular formula is C16H24ClN3O. The summed E-state index contributed by atoms with van der Waals surface area (Å²) in [4.78, 5) is 14.5. The maximum Gasteiger partial charge on any atom is 0.251 e. The van der Waals surface area contributed by atoms with Gasteiger partial charge in [-0.05, 0) is 45.1 Å². The number of likely N-dealkylation sites (N-methyl/N-ethyl adjacent to an activating group) is 1. The third kappa shape index (κ3) is 3.69. The third-order valence-corrected chi connectivity index (χ3v) is 4.90. The first-order chi connectivity index (χ1) is 9.94. The van der Waals surface area contributed by atoms with Gasteiger partial charge >= 0.3 is 0 Å². The van der Waals surface area contributed by atoms with Gasteiger partial charge in [0.15, 0.2) is 0 Å². The van der Waals surface area contributed by atoms with Gasteiger partial charge in [-0.15, -0.1) is 0 Å². The lowest BCUT2D eigenvalue weighted by atomic mass is 9.80. The fourth-order valence-corrected chi connectivity index (χ4v) is 3.19. The lowest BCUT2D eigenvalue weighted by Gasteiger charge is -2.43. The zero-order chi connectivity index (χ0) is 15.5. The lowest BCUT2D eigenvalue weighted by molar-refractivity contribution is 0.0799. The van der Waals surface area contributed by atoms with Crippen molar-refractivity contribution >= 4 is 23.2 Å². The van der Waals surface area contributed by atoms with E-state index in [9.17, 15) is 4.79 Å². The number of nitrogens with zero attached hydrogens (tertiary/aromatic N) is 1. The zero-order valence-electron chi connectivity index (χ0n) is 12.8. The molecule has 1 aromatic carbocycles. The molecule has 0 radical (unpaired) electrons. The Balaban J connectivity index is 2.03. The van der Waals surface area contributed by atoms with E-state index < -0.39 is 0 Å². The number of anilines is 1. The Morgan fingerprint density at radius 3 is 2.57 bits per heavy atom. The molecular weight excluding hydrogens is 286 g/mol. The summed E-state index contributed by atoms with van der Waals surface area (Å²) in [6, 6.07) is 4.99. The number of carbonyl (C=O) groups excluding carboxylic acids is 1. The first-order valence-electron chi connectivity index (χ1n) is 7.45. The summed E-state index contributed by atoms with van der Waals surface area (Å²) in [5, 5.41) is 3.48. The quantitative estimate of drug-likeness (QED) is 0.841. The molecule has 0 spiro atoms. The molecule has 1 amide bonds. The largest absolute Gasteiger partial charge is 0.398 e. The Morgan fingerprint density at radius 2 is 2.00 bits per heavy atom. The van der Waals surface area contributed by atoms with Gasteiger partial charge in [0, 0.05) is 17.6 Å². The number of rotatable bonds is 4. The van der Waals surface area contributed by atoms with Gasteiger partial charge in [0.1, 0.15) is 0 Å². The molecule has 1 aliphatic carbocycles. The van der Waals surface area contributed by atoms with Crippen LogP contribution in [-0.4, -0.2) is 37.0 Å². The van der Waals surface area contributed by atoms with E-state index in [-0.39, 0.29) is 11.4 Å². The predicted octanol–water partition coefficient (Wildman–Crippen LogP) is 2.92. The number of carbonyl (C=O) groups is 1. The molecule has 1 saturated carbocycles. The summed E-state index contributed by atoms with van der Waals surface area (Å²) in [5.74, 6) is -0.0938. The van der Waals surface area contributed by atoms with Crippen LogP contribution in [0.15, 0.2) is 18.2 Å². The second-order valence-electron chi connectivity index (χ2n) is 6.10. The van der Waals surface area contributed by atoms with Crippen molar-refractivity contribution in [2.45, 2.75) is 37.6 Å². The molecule has 116 valence electrons. The highest BCUT2D eigenvalue weighted by Crippen LogP contribution is 2.31.